The molecule has 4 atom stereocenters. The van der Waals surface area contributed by atoms with Crippen molar-refractivity contribution in [2.45, 2.75) is 24.4 Å². The van der Waals surface area contributed by atoms with E-state index in [0.717, 1.165) is 0 Å². The lowest BCUT2D eigenvalue weighted by Crippen LogP contribution is -2.50. The molecule has 0 bridgehead atoms. The third kappa shape index (κ3) is 5.34. The van der Waals surface area contributed by atoms with Gasteiger partial charge in [-0.05, 0) is 17.7 Å². The molecule has 0 aliphatic rings. The number of benzene rings is 1. The SMILES string of the molecule is O=C(N/N=C\c1ccc(Cl)cc1)[C@@H](O)[C@H](O)[C@H](O)[C@H](O)CO. The van der Waals surface area contributed by atoms with Crippen molar-refractivity contribution in [3.63, 3.8) is 0 Å². The molecule has 0 saturated carbocycles. The average Bonchev–Trinajstić information content (AvgIpc) is 2.53. The molecule has 1 rings (SSSR count). The Morgan fingerprint density at radius 1 is 1.18 bits per heavy atom. The Balaban J connectivity index is 2.55. The van der Waals surface area contributed by atoms with Crippen molar-refractivity contribution < 1.29 is 30.3 Å². The molecule has 6 N–H and O–H groups in total. The van der Waals surface area contributed by atoms with E-state index in [1.165, 1.54) is 6.21 Å². The van der Waals surface area contributed by atoms with Crippen molar-refractivity contribution >= 4 is 23.7 Å². The van der Waals surface area contributed by atoms with Gasteiger partial charge in [-0.2, -0.15) is 5.10 Å². The number of amides is 1. The van der Waals surface area contributed by atoms with Crippen LogP contribution in [0.4, 0.5) is 0 Å². The summed E-state index contributed by atoms with van der Waals surface area (Å²) < 4.78 is 0. The van der Waals surface area contributed by atoms with Crippen LogP contribution in [0.5, 0.6) is 0 Å². The number of aliphatic hydroxyl groups is 5. The summed E-state index contributed by atoms with van der Waals surface area (Å²) in [5, 5.41) is 50.3. The van der Waals surface area contributed by atoms with Gasteiger partial charge >= 0.3 is 0 Å². The van der Waals surface area contributed by atoms with Crippen LogP contribution in [0.25, 0.3) is 0 Å². The number of hydrogen-bond acceptors (Lipinski definition) is 7. The second-order valence-electron chi connectivity index (χ2n) is 4.46. The standard InChI is InChI=1S/C13H17ClN2O6/c14-8-3-1-7(2-4-8)5-15-16-13(22)12(21)11(20)10(19)9(18)6-17/h1-5,9-12,17-21H,6H2,(H,16,22)/b15-5-/t9-,10-,11-,12+/m1/s1. The molecule has 1 aromatic carbocycles. The maximum Gasteiger partial charge on any atom is 0.271 e. The summed E-state index contributed by atoms with van der Waals surface area (Å²) in [6.45, 7) is -0.832. The Morgan fingerprint density at radius 3 is 2.32 bits per heavy atom. The molecule has 122 valence electrons. The fourth-order valence-corrected chi connectivity index (χ4v) is 1.59. The number of carbonyl (C=O) groups excluding carboxylic acids is 1. The van der Waals surface area contributed by atoms with Crippen LogP contribution in [0.15, 0.2) is 29.4 Å². The molecule has 0 spiro atoms. The van der Waals surface area contributed by atoms with E-state index in [1.54, 1.807) is 24.3 Å². The normalized spacial score (nSPS) is 17.0. The minimum Gasteiger partial charge on any atom is -0.394 e. The Labute approximate surface area is 131 Å². The highest BCUT2D eigenvalue weighted by atomic mass is 35.5. The number of halogens is 1. The highest BCUT2D eigenvalue weighted by molar-refractivity contribution is 6.30. The van der Waals surface area contributed by atoms with Crippen LogP contribution in [0.1, 0.15) is 5.56 Å². The minimum absolute atomic E-state index is 0.538. The summed E-state index contributed by atoms with van der Waals surface area (Å²) in [5.41, 5.74) is 2.61. The van der Waals surface area contributed by atoms with E-state index in [4.69, 9.17) is 21.8 Å². The van der Waals surface area contributed by atoms with Gasteiger partial charge in [0, 0.05) is 5.02 Å². The molecule has 0 radical (unpaired) electrons. The quantitative estimate of drug-likeness (QED) is 0.257. The molecule has 0 saturated heterocycles. The van der Waals surface area contributed by atoms with Crippen molar-refractivity contribution in [2.24, 2.45) is 5.10 Å². The second-order valence-corrected chi connectivity index (χ2v) is 4.90. The zero-order valence-electron chi connectivity index (χ0n) is 11.4. The summed E-state index contributed by atoms with van der Waals surface area (Å²) in [6, 6.07) is 6.53. The lowest BCUT2D eigenvalue weighted by atomic mass is 10.0. The zero-order chi connectivity index (χ0) is 16.7. The molecule has 9 heteroatoms. The molecular formula is C13H17ClN2O6. The van der Waals surface area contributed by atoms with Gasteiger partial charge in [-0.15, -0.1) is 0 Å². The Hall–Kier alpha value is -1.55. The first kappa shape index (κ1) is 18.5. The molecule has 1 aromatic rings. The zero-order valence-corrected chi connectivity index (χ0v) is 12.1. The molecule has 0 aliphatic heterocycles. The van der Waals surface area contributed by atoms with E-state index in [-0.39, 0.29) is 0 Å². The first-order valence-electron chi connectivity index (χ1n) is 6.28. The summed E-state index contributed by atoms with van der Waals surface area (Å²) >= 11 is 5.70. The first-order valence-corrected chi connectivity index (χ1v) is 6.66. The maximum atomic E-state index is 11.5. The van der Waals surface area contributed by atoms with Crippen LogP contribution in [0, 0.1) is 0 Å². The molecule has 0 heterocycles. The van der Waals surface area contributed by atoms with Crippen LogP contribution in [-0.2, 0) is 4.79 Å². The van der Waals surface area contributed by atoms with Gasteiger partial charge in [-0.25, -0.2) is 5.43 Å². The van der Waals surface area contributed by atoms with Crippen molar-refractivity contribution in [3.05, 3.63) is 34.9 Å². The predicted molar refractivity (Wildman–Crippen MR) is 78.3 cm³/mol. The fourth-order valence-electron chi connectivity index (χ4n) is 1.46. The largest absolute Gasteiger partial charge is 0.394 e. The molecule has 0 unspecified atom stereocenters. The van der Waals surface area contributed by atoms with Crippen LogP contribution in [0.3, 0.4) is 0 Å². The van der Waals surface area contributed by atoms with Gasteiger partial charge in [-0.3, -0.25) is 4.79 Å². The number of carbonyl (C=O) groups is 1. The van der Waals surface area contributed by atoms with Crippen molar-refractivity contribution in [2.75, 3.05) is 6.61 Å². The first-order chi connectivity index (χ1) is 10.4. The molecule has 1 amide bonds. The number of aliphatic hydroxyl groups excluding tert-OH is 5. The van der Waals surface area contributed by atoms with Crippen molar-refractivity contribution in [1.29, 1.82) is 0 Å². The minimum atomic E-state index is -2.03. The highest BCUT2D eigenvalue weighted by Gasteiger charge is 2.34. The van der Waals surface area contributed by atoms with Gasteiger partial charge in [0.2, 0.25) is 0 Å². The third-order valence-electron chi connectivity index (χ3n) is 2.78. The van der Waals surface area contributed by atoms with E-state index < -0.39 is 36.9 Å². The topological polar surface area (TPSA) is 143 Å². The van der Waals surface area contributed by atoms with Gasteiger partial charge in [0.1, 0.15) is 18.3 Å². The summed E-state index contributed by atoms with van der Waals surface area (Å²) in [4.78, 5) is 11.5. The number of rotatable bonds is 7. The fraction of sp³-hybridized carbons (Fsp3) is 0.385. The van der Waals surface area contributed by atoms with Crippen LogP contribution in [0.2, 0.25) is 5.02 Å². The van der Waals surface area contributed by atoms with Crippen LogP contribution >= 0.6 is 11.6 Å². The Kier molecular flexibility index (Phi) is 7.39. The monoisotopic (exact) mass is 332 g/mol. The number of hydrazone groups is 1. The van der Waals surface area contributed by atoms with E-state index in [1.807, 2.05) is 5.43 Å². The number of nitrogens with one attached hydrogen (secondary N) is 1. The summed E-state index contributed by atoms with van der Waals surface area (Å²) in [7, 11) is 0. The van der Waals surface area contributed by atoms with E-state index in [2.05, 4.69) is 5.10 Å². The van der Waals surface area contributed by atoms with E-state index in [9.17, 15) is 20.1 Å². The van der Waals surface area contributed by atoms with Crippen molar-refractivity contribution in [1.82, 2.24) is 5.43 Å². The molecular weight excluding hydrogens is 316 g/mol. The number of hydrogen-bond donors (Lipinski definition) is 6. The highest BCUT2D eigenvalue weighted by Crippen LogP contribution is 2.08. The average molecular weight is 333 g/mol. The lowest BCUT2D eigenvalue weighted by molar-refractivity contribution is -0.148. The Bertz CT molecular complexity index is 510. The smallest absolute Gasteiger partial charge is 0.271 e. The molecule has 8 nitrogen and oxygen atoms in total. The molecule has 22 heavy (non-hydrogen) atoms. The van der Waals surface area contributed by atoms with Crippen LogP contribution in [-0.4, -0.2) is 68.7 Å². The summed E-state index contributed by atoms with van der Waals surface area (Å²) in [5.74, 6) is -1.08. The van der Waals surface area contributed by atoms with E-state index in [0.29, 0.717) is 10.6 Å². The van der Waals surface area contributed by atoms with Gasteiger partial charge in [0.05, 0.1) is 12.8 Å². The third-order valence-corrected chi connectivity index (χ3v) is 3.03. The Morgan fingerprint density at radius 2 is 1.77 bits per heavy atom. The van der Waals surface area contributed by atoms with Gasteiger partial charge in [-0.1, -0.05) is 23.7 Å². The molecule has 0 fully saturated rings. The summed E-state index contributed by atoms with van der Waals surface area (Å²) in [6.07, 6.45) is -6.29. The van der Waals surface area contributed by atoms with Crippen LogP contribution < -0.4 is 5.43 Å². The van der Waals surface area contributed by atoms with Gasteiger partial charge < -0.3 is 25.5 Å². The van der Waals surface area contributed by atoms with E-state index >= 15 is 0 Å². The van der Waals surface area contributed by atoms with Gasteiger partial charge in [0.15, 0.2) is 6.10 Å². The molecule has 0 aliphatic carbocycles. The number of nitrogens with zero attached hydrogens (tertiary/aromatic N) is 1. The second kappa shape index (κ2) is 8.79. The van der Waals surface area contributed by atoms with Gasteiger partial charge in [0.25, 0.3) is 5.91 Å². The maximum absolute atomic E-state index is 11.5. The molecule has 0 aromatic heterocycles. The predicted octanol–water partition coefficient (Wildman–Crippen LogP) is -1.77. The lowest BCUT2D eigenvalue weighted by Gasteiger charge is -2.24. The van der Waals surface area contributed by atoms with Crippen molar-refractivity contribution in [3.8, 4) is 0 Å².